The Morgan fingerprint density at radius 2 is 1.80 bits per heavy atom. The largest absolute Gasteiger partial charge is 0.544 e. The standard InChI is InChI=1S/C13H24OSi/c1-5-15(6-2,7-3)14-13-11-9-8-10-12(13)4/h9,11H,5-8,10H2,1-4H3. The average molecular weight is 224 g/mol. The van der Waals surface area contributed by atoms with Gasteiger partial charge in [-0.2, -0.15) is 0 Å². The predicted molar refractivity (Wildman–Crippen MR) is 69.4 cm³/mol. The van der Waals surface area contributed by atoms with Crippen LogP contribution in [0.5, 0.6) is 0 Å². The van der Waals surface area contributed by atoms with Crippen LogP contribution < -0.4 is 0 Å². The molecule has 0 radical (unpaired) electrons. The second-order valence-electron chi connectivity index (χ2n) is 4.43. The zero-order valence-electron chi connectivity index (χ0n) is 10.6. The lowest BCUT2D eigenvalue weighted by Crippen LogP contribution is -2.35. The lowest BCUT2D eigenvalue weighted by Gasteiger charge is -2.31. The SMILES string of the molecule is CC[Si](CC)(CC)OC1=C(C)CCC=C1. The van der Waals surface area contributed by atoms with E-state index >= 15 is 0 Å². The highest BCUT2D eigenvalue weighted by atomic mass is 28.4. The molecular weight excluding hydrogens is 200 g/mol. The van der Waals surface area contributed by atoms with Crippen LogP contribution in [0.4, 0.5) is 0 Å². The van der Waals surface area contributed by atoms with Gasteiger partial charge >= 0.3 is 0 Å². The van der Waals surface area contributed by atoms with Crippen LogP contribution in [0.3, 0.4) is 0 Å². The van der Waals surface area contributed by atoms with E-state index in [4.69, 9.17) is 4.43 Å². The molecule has 0 heterocycles. The maximum absolute atomic E-state index is 6.37. The van der Waals surface area contributed by atoms with E-state index in [9.17, 15) is 0 Å². The second-order valence-corrected chi connectivity index (χ2v) is 9.12. The highest BCUT2D eigenvalue weighted by molar-refractivity contribution is 6.73. The highest BCUT2D eigenvalue weighted by Gasteiger charge is 2.31. The van der Waals surface area contributed by atoms with Crippen LogP contribution in [0.25, 0.3) is 0 Å². The van der Waals surface area contributed by atoms with E-state index in [-0.39, 0.29) is 0 Å². The topological polar surface area (TPSA) is 9.23 Å². The normalized spacial score (nSPS) is 17.1. The van der Waals surface area contributed by atoms with Gasteiger partial charge in [0, 0.05) is 0 Å². The molecule has 15 heavy (non-hydrogen) atoms. The maximum Gasteiger partial charge on any atom is 0.250 e. The van der Waals surface area contributed by atoms with Crippen LogP contribution in [0.15, 0.2) is 23.5 Å². The van der Waals surface area contributed by atoms with Gasteiger partial charge in [0.05, 0.1) is 0 Å². The molecule has 1 nitrogen and oxygen atoms in total. The molecule has 0 N–H and O–H groups in total. The molecule has 0 fully saturated rings. The van der Waals surface area contributed by atoms with Gasteiger partial charge in [-0.25, -0.2) is 0 Å². The van der Waals surface area contributed by atoms with Gasteiger partial charge in [-0.1, -0.05) is 26.8 Å². The third-order valence-corrected chi connectivity index (χ3v) is 8.15. The van der Waals surface area contributed by atoms with Gasteiger partial charge < -0.3 is 4.43 Å². The van der Waals surface area contributed by atoms with Crippen molar-refractivity contribution in [3.8, 4) is 0 Å². The molecule has 0 saturated heterocycles. The van der Waals surface area contributed by atoms with E-state index < -0.39 is 8.32 Å². The van der Waals surface area contributed by atoms with Gasteiger partial charge in [-0.3, -0.25) is 0 Å². The number of allylic oxidation sites excluding steroid dienone is 3. The minimum absolute atomic E-state index is 1.17. The molecule has 0 amide bonds. The van der Waals surface area contributed by atoms with E-state index in [1.807, 2.05) is 0 Å². The summed E-state index contributed by atoms with van der Waals surface area (Å²) in [4.78, 5) is 0. The Labute approximate surface area is 95.4 Å². The van der Waals surface area contributed by atoms with Crippen molar-refractivity contribution in [1.82, 2.24) is 0 Å². The fraction of sp³-hybridized carbons (Fsp3) is 0.692. The summed E-state index contributed by atoms with van der Waals surface area (Å²) in [6, 6.07) is 3.68. The molecule has 1 aliphatic rings. The van der Waals surface area contributed by atoms with Crippen molar-refractivity contribution in [3.63, 3.8) is 0 Å². The quantitative estimate of drug-likeness (QED) is 0.619. The lowest BCUT2D eigenvalue weighted by atomic mass is 10.1. The Morgan fingerprint density at radius 3 is 2.27 bits per heavy atom. The molecule has 0 spiro atoms. The molecule has 0 aromatic heterocycles. The summed E-state index contributed by atoms with van der Waals surface area (Å²) >= 11 is 0. The molecule has 86 valence electrons. The third-order valence-electron chi connectivity index (χ3n) is 3.64. The molecule has 0 unspecified atom stereocenters. The van der Waals surface area contributed by atoms with Gasteiger partial charge in [0.15, 0.2) is 0 Å². The summed E-state index contributed by atoms with van der Waals surface area (Å²) in [6.45, 7) is 9.05. The molecule has 1 rings (SSSR count). The number of rotatable bonds is 5. The average Bonchev–Trinajstić information content (AvgIpc) is 2.29. The number of hydrogen-bond donors (Lipinski definition) is 0. The summed E-state index contributed by atoms with van der Waals surface area (Å²) in [7, 11) is -1.46. The maximum atomic E-state index is 6.37. The van der Waals surface area contributed by atoms with Crippen molar-refractivity contribution in [3.05, 3.63) is 23.5 Å². The Balaban J connectivity index is 2.78. The van der Waals surface area contributed by atoms with Crippen LogP contribution in [0.1, 0.15) is 40.5 Å². The minimum Gasteiger partial charge on any atom is -0.544 e. The monoisotopic (exact) mass is 224 g/mol. The molecule has 0 atom stereocenters. The van der Waals surface area contributed by atoms with Gasteiger partial charge in [-0.05, 0) is 49.5 Å². The van der Waals surface area contributed by atoms with E-state index in [0.29, 0.717) is 0 Å². The fourth-order valence-corrected chi connectivity index (χ4v) is 4.72. The van der Waals surface area contributed by atoms with E-state index in [1.165, 1.54) is 42.3 Å². The summed E-state index contributed by atoms with van der Waals surface area (Å²) < 4.78 is 6.37. The summed E-state index contributed by atoms with van der Waals surface area (Å²) in [5, 5.41) is 0. The van der Waals surface area contributed by atoms with Crippen molar-refractivity contribution in [2.24, 2.45) is 0 Å². The second kappa shape index (κ2) is 5.55. The smallest absolute Gasteiger partial charge is 0.250 e. The zero-order valence-corrected chi connectivity index (χ0v) is 11.6. The van der Waals surface area contributed by atoms with Crippen LogP contribution in [0, 0.1) is 0 Å². The Kier molecular flexibility index (Phi) is 4.65. The van der Waals surface area contributed by atoms with Crippen LogP contribution in [0.2, 0.25) is 18.1 Å². The predicted octanol–water partition coefficient (Wildman–Crippen LogP) is 4.63. The van der Waals surface area contributed by atoms with Gasteiger partial charge in [-0.15, -0.1) is 0 Å². The van der Waals surface area contributed by atoms with Crippen molar-refractivity contribution < 1.29 is 4.43 Å². The fourth-order valence-electron chi connectivity index (χ4n) is 2.08. The molecule has 0 aromatic rings. The third kappa shape index (κ3) is 2.97. The minimum atomic E-state index is -1.46. The Bertz CT molecular complexity index is 253. The van der Waals surface area contributed by atoms with Gasteiger partial charge in [0.1, 0.15) is 5.76 Å². The van der Waals surface area contributed by atoms with Gasteiger partial charge in [0.25, 0.3) is 0 Å². The Morgan fingerprint density at radius 1 is 1.20 bits per heavy atom. The van der Waals surface area contributed by atoms with E-state index in [2.05, 4.69) is 39.8 Å². The first-order valence-corrected chi connectivity index (χ1v) is 8.75. The van der Waals surface area contributed by atoms with Crippen LogP contribution >= 0.6 is 0 Å². The lowest BCUT2D eigenvalue weighted by molar-refractivity contribution is 0.411. The summed E-state index contributed by atoms with van der Waals surface area (Å²) in [5.74, 6) is 1.18. The van der Waals surface area contributed by atoms with Crippen LogP contribution in [-0.2, 0) is 4.43 Å². The van der Waals surface area contributed by atoms with Crippen molar-refractivity contribution in [2.45, 2.75) is 58.7 Å². The highest BCUT2D eigenvalue weighted by Crippen LogP contribution is 2.29. The van der Waals surface area contributed by atoms with Crippen molar-refractivity contribution in [2.75, 3.05) is 0 Å². The summed E-state index contributed by atoms with van der Waals surface area (Å²) in [5.41, 5.74) is 1.43. The van der Waals surface area contributed by atoms with E-state index in [0.717, 1.165) is 0 Å². The first kappa shape index (κ1) is 12.6. The molecule has 0 aromatic carbocycles. The summed E-state index contributed by atoms with van der Waals surface area (Å²) in [6.07, 6.45) is 6.77. The molecular formula is C13H24OSi. The molecule has 0 bridgehead atoms. The van der Waals surface area contributed by atoms with E-state index in [1.54, 1.807) is 0 Å². The number of hydrogen-bond acceptors (Lipinski definition) is 1. The Hall–Kier alpha value is -0.503. The van der Waals surface area contributed by atoms with Gasteiger partial charge in [0.2, 0.25) is 8.32 Å². The van der Waals surface area contributed by atoms with Crippen LogP contribution in [-0.4, -0.2) is 8.32 Å². The molecule has 0 saturated carbocycles. The molecule has 1 aliphatic carbocycles. The molecule has 2 heteroatoms. The molecule has 0 aliphatic heterocycles. The zero-order chi connectivity index (χ0) is 11.3. The first-order valence-electron chi connectivity index (χ1n) is 6.22. The van der Waals surface area contributed by atoms with Crippen molar-refractivity contribution in [1.29, 1.82) is 0 Å². The first-order chi connectivity index (χ1) is 7.17. The van der Waals surface area contributed by atoms with Crippen molar-refractivity contribution >= 4 is 8.32 Å².